The zero-order valence-corrected chi connectivity index (χ0v) is 12.5. The van der Waals surface area contributed by atoms with Gasteiger partial charge in [-0.25, -0.2) is 8.42 Å². The summed E-state index contributed by atoms with van der Waals surface area (Å²) in [6.45, 7) is 0.112. The molecule has 1 aromatic carbocycles. The van der Waals surface area contributed by atoms with Crippen molar-refractivity contribution in [2.45, 2.75) is 30.2 Å². The van der Waals surface area contributed by atoms with Crippen LogP contribution >= 0.6 is 0 Å². The monoisotopic (exact) mass is 309 g/mol. The number of rotatable bonds is 6. The number of aliphatic hydroxyl groups excluding tert-OH is 1. The molecular formula is C15H19NO4S. The van der Waals surface area contributed by atoms with Crippen molar-refractivity contribution in [3.8, 4) is 0 Å². The summed E-state index contributed by atoms with van der Waals surface area (Å²) in [5.74, 6) is -0.367. The molecule has 0 radical (unpaired) electrons. The Kier molecular flexibility index (Phi) is 5.14. The minimum atomic E-state index is -3.61. The molecule has 114 valence electrons. The Morgan fingerprint density at radius 1 is 1.29 bits per heavy atom. The van der Waals surface area contributed by atoms with E-state index >= 15 is 0 Å². The third-order valence-electron chi connectivity index (χ3n) is 3.60. The maximum Gasteiger partial charge on any atom is 0.247 e. The smallest absolute Gasteiger partial charge is 0.247 e. The van der Waals surface area contributed by atoms with Gasteiger partial charge in [0.1, 0.15) is 0 Å². The molecule has 0 aliphatic heterocycles. The first-order valence-corrected chi connectivity index (χ1v) is 8.49. The number of sulfone groups is 1. The molecule has 1 N–H and O–H groups in total. The molecule has 0 atom stereocenters. The second kappa shape index (κ2) is 6.87. The standard InChI is InChI=1S/C15H19NO4S/c17-11-10-16(13-5-4-6-13)15(18)9-12-21(19,20)14-7-2-1-3-8-14/h1-3,7-9,12-13,17H,4-6,10-11H2/b12-9+. The van der Waals surface area contributed by atoms with Crippen LogP contribution in [0.15, 0.2) is 46.7 Å². The molecule has 0 heterocycles. The molecule has 0 unspecified atom stereocenters. The Hall–Kier alpha value is -1.66. The third kappa shape index (κ3) is 3.92. The van der Waals surface area contributed by atoms with Crippen LogP contribution in [0, 0.1) is 0 Å². The van der Waals surface area contributed by atoms with Gasteiger partial charge in [0, 0.05) is 24.1 Å². The Morgan fingerprint density at radius 3 is 2.48 bits per heavy atom. The predicted octanol–water partition coefficient (Wildman–Crippen LogP) is 1.35. The average molecular weight is 309 g/mol. The molecule has 1 saturated carbocycles. The van der Waals surface area contributed by atoms with Crippen molar-refractivity contribution in [2.24, 2.45) is 0 Å². The van der Waals surface area contributed by atoms with E-state index in [1.165, 1.54) is 12.1 Å². The Balaban J connectivity index is 2.10. The highest BCUT2D eigenvalue weighted by molar-refractivity contribution is 7.94. The second-order valence-corrected chi connectivity index (χ2v) is 6.83. The van der Waals surface area contributed by atoms with E-state index < -0.39 is 9.84 Å². The highest BCUT2D eigenvalue weighted by atomic mass is 32.2. The summed E-state index contributed by atoms with van der Waals surface area (Å²) < 4.78 is 24.1. The molecule has 0 spiro atoms. The van der Waals surface area contributed by atoms with Crippen molar-refractivity contribution >= 4 is 15.7 Å². The number of hydrogen-bond donors (Lipinski definition) is 1. The van der Waals surface area contributed by atoms with E-state index in [0.717, 1.165) is 30.7 Å². The van der Waals surface area contributed by atoms with Crippen molar-refractivity contribution in [1.82, 2.24) is 4.90 Å². The third-order valence-corrected chi connectivity index (χ3v) is 5.02. The summed E-state index contributed by atoms with van der Waals surface area (Å²) in [6.07, 6.45) is 3.96. The van der Waals surface area contributed by atoms with E-state index in [4.69, 9.17) is 5.11 Å². The molecule has 5 nitrogen and oxygen atoms in total. The van der Waals surface area contributed by atoms with Gasteiger partial charge in [-0.05, 0) is 31.4 Å². The van der Waals surface area contributed by atoms with E-state index in [0.29, 0.717) is 0 Å². The Labute approximate surface area is 124 Å². The molecule has 1 aliphatic carbocycles. The molecule has 21 heavy (non-hydrogen) atoms. The first-order valence-electron chi connectivity index (χ1n) is 6.94. The van der Waals surface area contributed by atoms with Gasteiger partial charge in [-0.3, -0.25) is 4.79 Å². The van der Waals surface area contributed by atoms with Gasteiger partial charge < -0.3 is 10.0 Å². The largest absolute Gasteiger partial charge is 0.395 e. The van der Waals surface area contributed by atoms with Gasteiger partial charge in [0.25, 0.3) is 0 Å². The van der Waals surface area contributed by atoms with Gasteiger partial charge in [0.15, 0.2) is 9.84 Å². The number of carbonyl (C=O) groups is 1. The highest BCUT2D eigenvalue weighted by Crippen LogP contribution is 2.25. The lowest BCUT2D eigenvalue weighted by atomic mass is 9.91. The number of aliphatic hydroxyl groups is 1. The van der Waals surface area contributed by atoms with Crippen LogP contribution in [0.3, 0.4) is 0 Å². The Bertz CT molecular complexity index is 606. The molecule has 1 fully saturated rings. The van der Waals surface area contributed by atoms with Crippen LogP contribution in [0.4, 0.5) is 0 Å². The minimum absolute atomic E-state index is 0.119. The molecule has 0 saturated heterocycles. The quantitative estimate of drug-likeness (QED) is 0.805. The maximum atomic E-state index is 12.1. The van der Waals surface area contributed by atoms with Crippen LogP contribution in [-0.4, -0.2) is 43.5 Å². The van der Waals surface area contributed by atoms with Gasteiger partial charge in [-0.15, -0.1) is 0 Å². The fraction of sp³-hybridized carbons (Fsp3) is 0.400. The van der Waals surface area contributed by atoms with Gasteiger partial charge in [-0.1, -0.05) is 18.2 Å². The number of hydrogen-bond acceptors (Lipinski definition) is 4. The topological polar surface area (TPSA) is 74.7 Å². The lowest BCUT2D eigenvalue weighted by Crippen LogP contribution is -2.45. The average Bonchev–Trinajstić information content (AvgIpc) is 2.43. The predicted molar refractivity (Wildman–Crippen MR) is 79.2 cm³/mol. The Morgan fingerprint density at radius 2 is 1.95 bits per heavy atom. The minimum Gasteiger partial charge on any atom is -0.395 e. The molecule has 2 rings (SSSR count). The van der Waals surface area contributed by atoms with Gasteiger partial charge in [0.05, 0.1) is 11.5 Å². The molecule has 6 heteroatoms. The van der Waals surface area contributed by atoms with Crippen molar-refractivity contribution in [3.05, 3.63) is 41.8 Å². The summed E-state index contributed by atoms with van der Waals surface area (Å²) in [5.41, 5.74) is 0. The molecule has 1 aromatic rings. The summed E-state index contributed by atoms with van der Waals surface area (Å²) in [6, 6.07) is 8.09. The first kappa shape index (κ1) is 15.7. The van der Waals surface area contributed by atoms with Crippen molar-refractivity contribution in [3.63, 3.8) is 0 Å². The summed E-state index contributed by atoms with van der Waals surface area (Å²) >= 11 is 0. The number of nitrogens with zero attached hydrogens (tertiary/aromatic N) is 1. The van der Waals surface area contributed by atoms with Crippen LogP contribution < -0.4 is 0 Å². The lowest BCUT2D eigenvalue weighted by molar-refractivity contribution is -0.130. The zero-order chi connectivity index (χ0) is 15.3. The van der Waals surface area contributed by atoms with Crippen LogP contribution in [-0.2, 0) is 14.6 Å². The highest BCUT2D eigenvalue weighted by Gasteiger charge is 2.27. The molecule has 0 aromatic heterocycles. The zero-order valence-electron chi connectivity index (χ0n) is 11.7. The van der Waals surface area contributed by atoms with Crippen LogP contribution in [0.25, 0.3) is 0 Å². The van der Waals surface area contributed by atoms with Crippen LogP contribution in [0.2, 0.25) is 0 Å². The molecule has 1 amide bonds. The van der Waals surface area contributed by atoms with E-state index in [1.54, 1.807) is 23.1 Å². The van der Waals surface area contributed by atoms with E-state index in [2.05, 4.69) is 0 Å². The SMILES string of the molecule is O=C(/C=C/S(=O)(=O)c1ccccc1)N(CCO)C1CCC1. The van der Waals surface area contributed by atoms with Crippen molar-refractivity contribution in [1.29, 1.82) is 0 Å². The first-order chi connectivity index (χ1) is 10.0. The van der Waals surface area contributed by atoms with Crippen molar-refractivity contribution < 1.29 is 18.3 Å². The second-order valence-electron chi connectivity index (χ2n) is 5.00. The van der Waals surface area contributed by atoms with Crippen LogP contribution in [0.5, 0.6) is 0 Å². The number of amides is 1. The van der Waals surface area contributed by atoms with Crippen LogP contribution in [0.1, 0.15) is 19.3 Å². The number of carbonyl (C=O) groups excluding carboxylic acids is 1. The summed E-state index contributed by atoms with van der Waals surface area (Å²) in [4.78, 5) is 13.8. The van der Waals surface area contributed by atoms with Gasteiger partial charge >= 0.3 is 0 Å². The maximum absolute atomic E-state index is 12.1. The number of benzene rings is 1. The van der Waals surface area contributed by atoms with E-state index in [1.807, 2.05) is 0 Å². The van der Waals surface area contributed by atoms with E-state index in [9.17, 15) is 13.2 Å². The fourth-order valence-electron chi connectivity index (χ4n) is 2.21. The molecular weight excluding hydrogens is 290 g/mol. The van der Waals surface area contributed by atoms with Crippen molar-refractivity contribution in [2.75, 3.05) is 13.2 Å². The molecule has 1 aliphatic rings. The normalized spacial score (nSPS) is 15.9. The fourth-order valence-corrected chi connectivity index (χ4v) is 3.20. The summed E-state index contributed by atoms with van der Waals surface area (Å²) in [5, 5.41) is 9.96. The van der Waals surface area contributed by atoms with Gasteiger partial charge in [-0.2, -0.15) is 0 Å². The van der Waals surface area contributed by atoms with Gasteiger partial charge in [0.2, 0.25) is 5.91 Å². The molecule has 0 bridgehead atoms. The summed E-state index contributed by atoms with van der Waals surface area (Å²) in [7, 11) is -3.61. The van der Waals surface area contributed by atoms with E-state index in [-0.39, 0.29) is 30.0 Å². The lowest BCUT2D eigenvalue weighted by Gasteiger charge is -2.36.